The van der Waals surface area contributed by atoms with E-state index in [4.69, 9.17) is 4.74 Å². The number of carbonyl (C=O) groups excluding carboxylic acids is 3. The predicted octanol–water partition coefficient (Wildman–Crippen LogP) is 2.10. The van der Waals surface area contributed by atoms with Gasteiger partial charge in [-0.15, -0.1) is 0 Å². The van der Waals surface area contributed by atoms with E-state index in [0.29, 0.717) is 38.1 Å². The minimum atomic E-state index is -1.06. The molecule has 1 saturated heterocycles. The standard InChI is InChI=1S/C21H37N3O6S/c1-7-13(2)16(23-20(29)30-21(3,4)5)18(26)24-10-8-14(9-11-24)17(25)22-15(12-31-6)19(27)28/h13-16H,7-12H2,1-6H3,(H,22,25)(H,23,29)(H,27,28)/t13-,15-,16-/m0/s1. The van der Waals surface area contributed by atoms with E-state index in [0.717, 1.165) is 0 Å². The summed E-state index contributed by atoms with van der Waals surface area (Å²) < 4.78 is 5.30. The minimum Gasteiger partial charge on any atom is -0.480 e. The molecule has 9 nitrogen and oxygen atoms in total. The Morgan fingerprint density at radius 3 is 2.19 bits per heavy atom. The molecule has 0 spiro atoms. The number of likely N-dealkylation sites (tertiary alicyclic amines) is 1. The molecule has 1 rings (SSSR count). The van der Waals surface area contributed by atoms with E-state index in [1.54, 1.807) is 31.9 Å². The Labute approximate surface area is 189 Å². The first-order valence-corrected chi connectivity index (χ1v) is 12.1. The van der Waals surface area contributed by atoms with Crippen LogP contribution in [0.4, 0.5) is 4.79 Å². The Morgan fingerprint density at radius 2 is 1.74 bits per heavy atom. The Bertz CT molecular complexity index is 644. The zero-order valence-corrected chi connectivity index (χ0v) is 20.2. The monoisotopic (exact) mass is 459 g/mol. The maximum atomic E-state index is 13.1. The molecule has 1 aliphatic rings. The lowest BCUT2D eigenvalue weighted by Gasteiger charge is -2.35. The smallest absolute Gasteiger partial charge is 0.408 e. The lowest BCUT2D eigenvalue weighted by atomic mass is 9.93. The van der Waals surface area contributed by atoms with Gasteiger partial charge in [-0.1, -0.05) is 20.3 Å². The van der Waals surface area contributed by atoms with Gasteiger partial charge in [0.1, 0.15) is 17.7 Å². The van der Waals surface area contributed by atoms with Crippen LogP contribution < -0.4 is 10.6 Å². The second-order valence-corrected chi connectivity index (χ2v) is 9.87. The zero-order valence-electron chi connectivity index (χ0n) is 19.4. The van der Waals surface area contributed by atoms with Crippen molar-refractivity contribution in [1.82, 2.24) is 15.5 Å². The number of carboxylic acids is 1. The highest BCUT2D eigenvalue weighted by molar-refractivity contribution is 7.98. The van der Waals surface area contributed by atoms with Crippen LogP contribution in [0.2, 0.25) is 0 Å². The highest BCUT2D eigenvalue weighted by Gasteiger charge is 2.35. The SMILES string of the molecule is CC[C@H](C)[C@H](NC(=O)OC(C)(C)C)C(=O)N1CCC(C(=O)N[C@@H](CSC)C(=O)O)CC1. The number of carbonyl (C=O) groups is 4. The minimum absolute atomic E-state index is 0.0797. The van der Waals surface area contributed by atoms with E-state index in [2.05, 4.69) is 10.6 Å². The fourth-order valence-electron chi connectivity index (χ4n) is 3.31. The number of nitrogens with one attached hydrogen (secondary N) is 2. The lowest BCUT2D eigenvalue weighted by Crippen LogP contribution is -2.55. The Morgan fingerprint density at radius 1 is 1.16 bits per heavy atom. The van der Waals surface area contributed by atoms with Crippen LogP contribution in [0.1, 0.15) is 53.9 Å². The lowest BCUT2D eigenvalue weighted by molar-refractivity contribution is -0.142. The van der Waals surface area contributed by atoms with Crippen molar-refractivity contribution < 1.29 is 29.0 Å². The third kappa shape index (κ3) is 8.96. The van der Waals surface area contributed by atoms with E-state index in [-0.39, 0.29) is 23.7 Å². The number of hydrogen-bond acceptors (Lipinski definition) is 6. The first kappa shape index (κ1) is 27.1. The van der Waals surface area contributed by atoms with Gasteiger partial charge in [0.15, 0.2) is 0 Å². The van der Waals surface area contributed by atoms with Crippen molar-refractivity contribution >= 4 is 35.6 Å². The summed E-state index contributed by atoms with van der Waals surface area (Å²) >= 11 is 1.35. The van der Waals surface area contributed by atoms with Crippen LogP contribution in [0.3, 0.4) is 0 Å². The molecule has 0 radical (unpaired) electrons. The molecular weight excluding hydrogens is 422 g/mol. The number of ether oxygens (including phenoxy) is 1. The molecule has 0 bridgehead atoms. The van der Waals surface area contributed by atoms with E-state index >= 15 is 0 Å². The quantitative estimate of drug-likeness (QED) is 0.482. The fourth-order valence-corrected chi connectivity index (χ4v) is 3.87. The molecule has 0 aromatic heterocycles. The molecule has 3 atom stereocenters. The van der Waals surface area contributed by atoms with Gasteiger partial charge in [-0.3, -0.25) is 9.59 Å². The summed E-state index contributed by atoms with van der Waals surface area (Å²) in [6.45, 7) is 9.88. The molecule has 31 heavy (non-hydrogen) atoms. The molecule has 1 heterocycles. The second-order valence-electron chi connectivity index (χ2n) is 8.96. The van der Waals surface area contributed by atoms with Gasteiger partial charge >= 0.3 is 12.1 Å². The highest BCUT2D eigenvalue weighted by atomic mass is 32.2. The maximum absolute atomic E-state index is 13.1. The van der Waals surface area contributed by atoms with Crippen LogP contribution in [0, 0.1) is 11.8 Å². The Hall–Kier alpha value is -1.97. The number of carboxylic acid groups (broad SMARTS) is 1. The van der Waals surface area contributed by atoms with Crippen LogP contribution in [-0.4, -0.2) is 76.7 Å². The van der Waals surface area contributed by atoms with Crippen molar-refractivity contribution in [1.29, 1.82) is 0 Å². The van der Waals surface area contributed by atoms with Crippen molar-refractivity contribution in [2.75, 3.05) is 25.1 Å². The van der Waals surface area contributed by atoms with Crippen molar-refractivity contribution in [2.45, 2.75) is 71.6 Å². The van der Waals surface area contributed by atoms with Gasteiger partial charge in [-0.25, -0.2) is 9.59 Å². The van der Waals surface area contributed by atoms with Crippen LogP contribution in [0.15, 0.2) is 0 Å². The van der Waals surface area contributed by atoms with Gasteiger partial charge < -0.3 is 25.4 Å². The van der Waals surface area contributed by atoms with Crippen molar-refractivity contribution in [3.05, 3.63) is 0 Å². The number of amides is 3. The Kier molecular flexibility index (Phi) is 10.6. The van der Waals surface area contributed by atoms with Crippen LogP contribution >= 0.6 is 11.8 Å². The summed E-state index contributed by atoms with van der Waals surface area (Å²) in [7, 11) is 0. The van der Waals surface area contributed by atoms with Gasteiger partial charge in [0, 0.05) is 24.8 Å². The highest BCUT2D eigenvalue weighted by Crippen LogP contribution is 2.21. The molecule has 0 aliphatic carbocycles. The summed E-state index contributed by atoms with van der Waals surface area (Å²) in [5, 5.41) is 14.5. The summed E-state index contributed by atoms with van der Waals surface area (Å²) in [4.78, 5) is 50.7. The number of piperidine rings is 1. The Balaban J connectivity index is 2.70. The molecule has 10 heteroatoms. The second kappa shape index (κ2) is 12.2. The summed E-state index contributed by atoms with van der Waals surface area (Å²) in [5.74, 6) is -1.66. The summed E-state index contributed by atoms with van der Waals surface area (Å²) in [6.07, 6.45) is 2.75. The summed E-state index contributed by atoms with van der Waals surface area (Å²) in [6, 6.07) is -1.63. The number of hydrogen-bond donors (Lipinski definition) is 3. The van der Waals surface area contributed by atoms with Crippen LogP contribution in [0.5, 0.6) is 0 Å². The fraction of sp³-hybridized carbons (Fsp3) is 0.810. The van der Waals surface area contributed by atoms with Gasteiger partial charge in [0.2, 0.25) is 11.8 Å². The number of nitrogens with zero attached hydrogens (tertiary/aromatic N) is 1. The number of aliphatic carboxylic acids is 1. The van der Waals surface area contributed by atoms with Crippen molar-refractivity contribution in [3.8, 4) is 0 Å². The van der Waals surface area contributed by atoms with Gasteiger partial charge in [-0.2, -0.15) is 11.8 Å². The maximum Gasteiger partial charge on any atom is 0.408 e. The third-order valence-corrected chi connectivity index (χ3v) is 5.94. The van der Waals surface area contributed by atoms with Gasteiger partial charge in [0.05, 0.1) is 0 Å². The van der Waals surface area contributed by atoms with Crippen molar-refractivity contribution in [3.63, 3.8) is 0 Å². The van der Waals surface area contributed by atoms with Gasteiger partial charge in [0.25, 0.3) is 0 Å². The molecule has 0 aromatic rings. The molecule has 0 unspecified atom stereocenters. The molecule has 0 aromatic carbocycles. The first-order valence-electron chi connectivity index (χ1n) is 10.7. The molecule has 1 aliphatic heterocycles. The normalized spacial score (nSPS) is 17.9. The molecule has 0 saturated carbocycles. The molecule has 3 N–H and O–H groups in total. The molecule has 1 fully saturated rings. The van der Waals surface area contributed by atoms with E-state index in [1.165, 1.54) is 11.8 Å². The van der Waals surface area contributed by atoms with Crippen LogP contribution in [-0.2, 0) is 19.1 Å². The third-order valence-electron chi connectivity index (χ3n) is 5.28. The van der Waals surface area contributed by atoms with Crippen molar-refractivity contribution in [2.24, 2.45) is 11.8 Å². The predicted molar refractivity (Wildman–Crippen MR) is 120 cm³/mol. The van der Waals surface area contributed by atoms with Gasteiger partial charge in [-0.05, 0) is 45.8 Å². The summed E-state index contributed by atoms with van der Waals surface area (Å²) in [5.41, 5.74) is -0.664. The topological polar surface area (TPSA) is 125 Å². The zero-order chi connectivity index (χ0) is 23.8. The number of rotatable bonds is 9. The van der Waals surface area contributed by atoms with E-state index in [9.17, 15) is 24.3 Å². The molecule has 178 valence electrons. The average molecular weight is 460 g/mol. The number of alkyl carbamates (subject to hydrolysis) is 1. The largest absolute Gasteiger partial charge is 0.480 e. The average Bonchev–Trinajstić information content (AvgIpc) is 2.69. The van der Waals surface area contributed by atoms with E-state index in [1.807, 2.05) is 13.8 Å². The first-order chi connectivity index (χ1) is 14.4. The van der Waals surface area contributed by atoms with E-state index < -0.39 is 29.7 Å². The van der Waals surface area contributed by atoms with Crippen LogP contribution in [0.25, 0.3) is 0 Å². The molecular formula is C21H37N3O6S. The molecule has 3 amide bonds. The number of thioether (sulfide) groups is 1.